The molecule has 0 aliphatic rings. The van der Waals surface area contributed by atoms with E-state index in [-0.39, 0.29) is 11.1 Å². The van der Waals surface area contributed by atoms with Crippen LogP contribution in [0.4, 0.5) is 5.69 Å². The normalized spacial score (nSPS) is 10.4. The van der Waals surface area contributed by atoms with Gasteiger partial charge in [0.2, 0.25) is 0 Å². The number of amides is 1. The molecule has 120 valence electrons. The van der Waals surface area contributed by atoms with E-state index in [0.29, 0.717) is 12.2 Å². The molecule has 1 heterocycles. The number of rotatable bonds is 4. The Morgan fingerprint density at radius 1 is 1.00 bits per heavy atom. The summed E-state index contributed by atoms with van der Waals surface area (Å²) in [6.45, 7) is 0.407. The predicted molar refractivity (Wildman–Crippen MR) is 98.3 cm³/mol. The largest absolute Gasteiger partial charge is 0.322 e. The molecular formula is C19H15BrN2O2. The maximum absolute atomic E-state index is 12.6. The smallest absolute Gasteiger partial charge is 0.263 e. The zero-order chi connectivity index (χ0) is 16.9. The lowest BCUT2D eigenvalue weighted by Crippen LogP contribution is -2.29. The molecule has 24 heavy (non-hydrogen) atoms. The summed E-state index contributed by atoms with van der Waals surface area (Å²) < 4.78 is 2.48. The first-order valence-corrected chi connectivity index (χ1v) is 8.23. The molecule has 3 aromatic rings. The minimum absolute atomic E-state index is 0.122. The Hall–Kier alpha value is -2.66. The van der Waals surface area contributed by atoms with Crippen LogP contribution in [-0.4, -0.2) is 10.5 Å². The van der Waals surface area contributed by atoms with E-state index in [4.69, 9.17) is 0 Å². The van der Waals surface area contributed by atoms with Gasteiger partial charge in [0.1, 0.15) is 5.56 Å². The first-order chi connectivity index (χ1) is 11.6. The third-order valence-corrected chi connectivity index (χ3v) is 4.03. The molecule has 3 rings (SSSR count). The van der Waals surface area contributed by atoms with E-state index < -0.39 is 5.91 Å². The molecule has 0 saturated heterocycles. The number of nitrogens with one attached hydrogen (secondary N) is 1. The predicted octanol–water partition coefficient (Wildman–Crippen LogP) is 3.91. The molecule has 0 aliphatic carbocycles. The van der Waals surface area contributed by atoms with Crippen molar-refractivity contribution in [2.24, 2.45) is 0 Å². The molecule has 4 nitrogen and oxygen atoms in total. The average molecular weight is 383 g/mol. The molecule has 0 aliphatic heterocycles. The molecule has 0 atom stereocenters. The summed E-state index contributed by atoms with van der Waals surface area (Å²) in [5, 5.41) is 2.74. The first-order valence-electron chi connectivity index (χ1n) is 7.44. The Labute approximate surface area is 147 Å². The lowest BCUT2D eigenvalue weighted by molar-refractivity contribution is 0.102. The number of carbonyl (C=O) groups is 1. The van der Waals surface area contributed by atoms with Gasteiger partial charge in [-0.15, -0.1) is 0 Å². The highest BCUT2D eigenvalue weighted by Gasteiger charge is 2.12. The van der Waals surface area contributed by atoms with Gasteiger partial charge >= 0.3 is 0 Å². The van der Waals surface area contributed by atoms with E-state index in [1.54, 1.807) is 24.4 Å². The van der Waals surface area contributed by atoms with Gasteiger partial charge in [-0.1, -0.05) is 46.3 Å². The standard InChI is InChI=1S/C19H15BrN2O2/c20-15-7-4-6-14(12-15)13-22-11-5-10-17(19(22)24)18(23)21-16-8-2-1-3-9-16/h1-12H,13H2,(H,21,23). The molecule has 0 bridgehead atoms. The average Bonchev–Trinajstić information content (AvgIpc) is 2.58. The number of pyridine rings is 1. The molecule has 0 saturated carbocycles. The minimum atomic E-state index is -0.408. The summed E-state index contributed by atoms with van der Waals surface area (Å²) in [5.74, 6) is -0.408. The number of para-hydroxylation sites is 1. The van der Waals surface area contributed by atoms with E-state index >= 15 is 0 Å². The first kappa shape index (κ1) is 16.2. The molecule has 1 aromatic heterocycles. The number of anilines is 1. The number of carbonyl (C=O) groups excluding carboxylic acids is 1. The molecule has 2 aromatic carbocycles. The zero-order valence-electron chi connectivity index (χ0n) is 12.8. The van der Waals surface area contributed by atoms with Crippen LogP contribution in [0.3, 0.4) is 0 Å². The fourth-order valence-electron chi connectivity index (χ4n) is 2.39. The van der Waals surface area contributed by atoms with Crippen LogP contribution in [0, 0.1) is 0 Å². The Morgan fingerprint density at radius 2 is 1.79 bits per heavy atom. The second kappa shape index (κ2) is 7.27. The number of hydrogen-bond donors (Lipinski definition) is 1. The van der Waals surface area contributed by atoms with Crippen LogP contribution in [0.2, 0.25) is 0 Å². The summed E-state index contributed by atoms with van der Waals surface area (Å²) in [7, 11) is 0. The molecule has 5 heteroatoms. The number of aromatic nitrogens is 1. The van der Waals surface area contributed by atoms with Crippen molar-refractivity contribution < 1.29 is 4.79 Å². The topological polar surface area (TPSA) is 51.1 Å². The van der Waals surface area contributed by atoms with Gasteiger partial charge in [-0.2, -0.15) is 0 Å². The molecule has 0 fully saturated rings. The second-order valence-electron chi connectivity index (χ2n) is 5.30. The van der Waals surface area contributed by atoms with Gasteiger partial charge in [-0.05, 0) is 42.0 Å². The maximum atomic E-state index is 12.6. The van der Waals surface area contributed by atoms with Gasteiger partial charge in [-0.25, -0.2) is 0 Å². The third-order valence-electron chi connectivity index (χ3n) is 3.54. The highest BCUT2D eigenvalue weighted by molar-refractivity contribution is 9.10. The SMILES string of the molecule is O=C(Nc1ccccc1)c1cccn(Cc2cccc(Br)c2)c1=O. The van der Waals surface area contributed by atoms with Crippen LogP contribution < -0.4 is 10.9 Å². The van der Waals surface area contributed by atoms with Gasteiger partial charge in [0, 0.05) is 16.4 Å². The number of nitrogens with zero attached hydrogens (tertiary/aromatic N) is 1. The fourth-order valence-corrected chi connectivity index (χ4v) is 2.83. The van der Waals surface area contributed by atoms with Gasteiger partial charge in [0.15, 0.2) is 0 Å². The zero-order valence-corrected chi connectivity index (χ0v) is 14.4. The van der Waals surface area contributed by atoms with E-state index in [0.717, 1.165) is 10.0 Å². The Bertz CT molecular complexity index is 920. The second-order valence-corrected chi connectivity index (χ2v) is 6.22. The maximum Gasteiger partial charge on any atom is 0.263 e. The monoisotopic (exact) mass is 382 g/mol. The summed E-state index contributed by atoms with van der Waals surface area (Å²) in [6, 6.07) is 20.0. The van der Waals surface area contributed by atoms with Crippen LogP contribution >= 0.6 is 15.9 Å². The van der Waals surface area contributed by atoms with E-state index in [9.17, 15) is 9.59 Å². The third kappa shape index (κ3) is 3.81. The van der Waals surface area contributed by atoms with Crippen LogP contribution in [0.25, 0.3) is 0 Å². The van der Waals surface area contributed by atoms with Crippen LogP contribution in [0.15, 0.2) is 82.2 Å². The van der Waals surface area contributed by atoms with Crippen molar-refractivity contribution in [3.05, 3.63) is 98.9 Å². The molecular weight excluding hydrogens is 368 g/mol. The van der Waals surface area contributed by atoms with E-state index in [1.807, 2.05) is 42.5 Å². The lowest BCUT2D eigenvalue weighted by Gasteiger charge is -2.09. The van der Waals surface area contributed by atoms with Crippen molar-refractivity contribution in [3.8, 4) is 0 Å². The van der Waals surface area contributed by atoms with Crippen molar-refractivity contribution in [3.63, 3.8) is 0 Å². The molecule has 0 unspecified atom stereocenters. The van der Waals surface area contributed by atoms with Gasteiger partial charge < -0.3 is 9.88 Å². The van der Waals surface area contributed by atoms with E-state index in [1.165, 1.54) is 10.6 Å². The van der Waals surface area contributed by atoms with Crippen molar-refractivity contribution in [1.29, 1.82) is 0 Å². The number of hydrogen-bond acceptors (Lipinski definition) is 2. The van der Waals surface area contributed by atoms with Crippen molar-refractivity contribution in [1.82, 2.24) is 4.57 Å². The van der Waals surface area contributed by atoms with Gasteiger partial charge in [0.25, 0.3) is 11.5 Å². The summed E-state index contributed by atoms with van der Waals surface area (Å²) in [6.07, 6.45) is 1.68. The van der Waals surface area contributed by atoms with Crippen LogP contribution in [0.1, 0.15) is 15.9 Å². The Kier molecular flexibility index (Phi) is 4.91. The molecule has 0 radical (unpaired) electrons. The minimum Gasteiger partial charge on any atom is -0.322 e. The van der Waals surface area contributed by atoms with Crippen LogP contribution in [-0.2, 0) is 6.54 Å². The lowest BCUT2D eigenvalue weighted by atomic mass is 10.2. The molecule has 1 amide bonds. The van der Waals surface area contributed by atoms with Crippen LogP contribution in [0.5, 0.6) is 0 Å². The highest BCUT2D eigenvalue weighted by atomic mass is 79.9. The fraction of sp³-hybridized carbons (Fsp3) is 0.0526. The number of benzene rings is 2. The quantitative estimate of drug-likeness (QED) is 0.743. The van der Waals surface area contributed by atoms with Gasteiger partial charge in [-0.3, -0.25) is 9.59 Å². The summed E-state index contributed by atoms with van der Waals surface area (Å²) in [5.41, 5.74) is 1.44. The highest BCUT2D eigenvalue weighted by Crippen LogP contribution is 2.12. The molecule has 0 spiro atoms. The van der Waals surface area contributed by atoms with Crippen molar-refractivity contribution in [2.75, 3.05) is 5.32 Å². The Balaban J connectivity index is 1.85. The Morgan fingerprint density at radius 3 is 2.54 bits per heavy atom. The van der Waals surface area contributed by atoms with Crippen molar-refractivity contribution in [2.45, 2.75) is 6.54 Å². The summed E-state index contributed by atoms with van der Waals surface area (Å²) in [4.78, 5) is 24.9. The van der Waals surface area contributed by atoms with E-state index in [2.05, 4.69) is 21.2 Å². The summed E-state index contributed by atoms with van der Waals surface area (Å²) >= 11 is 3.42. The van der Waals surface area contributed by atoms with Gasteiger partial charge in [0.05, 0.1) is 6.54 Å². The number of halogens is 1. The molecule has 1 N–H and O–H groups in total. The van der Waals surface area contributed by atoms with Crippen molar-refractivity contribution >= 4 is 27.5 Å².